The molecule has 150 valence electrons. The van der Waals surface area contributed by atoms with Gasteiger partial charge in [0.1, 0.15) is 10.7 Å². The number of halogens is 1. The standard InChI is InChI=1S/C17H17FN2O6S2/c1-26-17(21)11-2-9-15(18)16(10-11)28(24,25)20-13-5-7-14(8-6-13)27(22,23)19-12-3-4-12/h2,5-10,12,19-20H,3-4H2,1H3. The van der Waals surface area contributed by atoms with E-state index in [0.717, 1.165) is 38.2 Å². The number of methoxy groups -OCH3 is 1. The SMILES string of the molecule is COC(=O)c1ccc(F)c(S(=O)(=O)Nc2ccc(S(=O)(=O)NC3CC3)cc2)c1. The molecule has 1 aliphatic carbocycles. The van der Waals surface area contributed by atoms with Gasteiger partial charge in [-0.2, -0.15) is 0 Å². The van der Waals surface area contributed by atoms with Crippen LogP contribution in [0.3, 0.4) is 0 Å². The van der Waals surface area contributed by atoms with Crippen LogP contribution in [0.5, 0.6) is 0 Å². The molecule has 11 heteroatoms. The molecule has 0 amide bonds. The van der Waals surface area contributed by atoms with Crippen molar-refractivity contribution in [2.75, 3.05) is 11.8 Å². The second kappa shape index (κ2) is 7.49. The molecule has 1 aliphatic rings. The molecule has 2 aromatic carbocycles. The number of carbonyl (C=O) groups excluding carboxylic acids is 1. The number of hydrogen-bond donors (Lipinski definition) is 2. The fourth-order valence-corrected chi connectivity index (χ4v) is 4.82. The third kappa shape index (κ3) is 4.49. The Morgan fingerprint density at radius 3 is 2.25 bits per heavy atom. The van der Waals surface area contributed by atoms with Gasteiger partial charge in [0, 0.05) is 11.7 Å². The lowest BCUT2D eigenvalue weighted by molar-refractivity contribution is 0.0600. The predicted molar refractivity (Wildman–Crippen MR) is 98.3 cm³/mol. The first-order chi connectivity index (χ1) is 13.1. The Morgan fingerprint density at radius 1 is 1.04 bits per heavy atom. The van der Waals surface area contributed by atoms with Crippen molar-refractivity contribution >= 4 is 31.7 Å². The van der Waals surface area contributed by atoms with Crippen LogP contribution in [0.4, 0.5) is 10.1 Å². The van der Waals surface area contributed by atoms with E-state index in [1.807, 2.05) is 0 Å². The fraction of sp³-hybridized carbons (Fsp3) is 0.235. The summed E-state index contributed by atoms with van der Waals surface area (Å²) in [6.07, 6.45) is 1.57. The molecular formula is C17H17FN2O6S2. The Hall–Kier alpha value is -2.50. The minimum atomic E-state index is -4.36. The summed E-state index contributed by atoms with van der Waals surface area (Å²) < 4.78 is 72.4. The normalized spacial score (nSPS) is 14.5. The van der Waals surface area contributed by atoms with Crippen LogP contribution in [0.1, 0.15) is 23.2 Å². The van der Waals surface area contributed by atoms with E-state index >= 15 is 0 Å². The molecule has 0 radical (unpaired) electrons. The molecule has 8 nitrogen and oxygen atoms in total. The quantitative estimate of drug-likeness (QED) is 0.650. The van der Waals surface area contributed by atoms with Gasteiger partial charge in [-0.15, -0.1) is 0 Å². The number of sulfonamides is 2. The highest BCUT2D eigenvalue weighted by Crippen LogP contribution is 2.24. The zero-order valence-electron chi connectivity index (χ0n) is 14.7. The monoisotopic (exact) mass is 428 g/mol. The van der Waals surface area contributed by atoms with E-state index in [9.17, 15) is 26.0 Å². The smallest absolute Gasteiger partial charge is 0.337 e. The largest absolute Gasteiger partial charge is 0.465 e. The van der Waals surface area contributed by atoms with Gasteiger partial charge in [-0.3, -0.25) is 4.72 Å². The van der Waals surface area contributed by atoms with Crippen LogP contribution in [0.25, 0.3) is 0 Å². The van der Waals surface area contributed by atoms with Gasteiger partial charge in [-0.05, 0) is 55.3 Å². The number of nitrogens with one attached hydrogen (secondary N) is 2. The molecule has 0 atom stereocenters. The van der Waals surface area contributed by atoms with Gasteiger partial charge < -0.3 is 4.74 Å². The van der Waals surface area contributed by atoms with Crippen LogP contribution < -0.4 is 9.44 Å². The molecule has 0 aliphatic heterocycles. The second-order valence-corrected chi connectivity index (χ2v) is 9.53. The third-order valence-corrected chi connectivity index (χ3v) is 6.89. The van der Waals surface area contributed by atoms with Gasteiger partial charge in [-0.25, -0.2) is 30.7 Å². The average Bonchev–Trinajstić information content (AvgIpc) is 3.44. The van der Waals surface area contributed by atoms with Gasteiger partial charge in [0.2, 0.25) is 10.0 Å². The number of carbonyl (C=O) groups is 1. The van der Waals surface area contributed by atoms with Crippen molar-refractivity contribution in [3.8, 4) is 0 Å². The fourth-order valence-electron chi connectivity index (χ4n) is 2.36. The minimum Gasteiger partial charge on any atom is -0.465 e. The van der Waals surface area contributed by atoms with E-state index in [1.165, 1.54) is 24.3 Å². The van der Waals surface area contributed by atoms with E-state index < -0.39 is 36.7 Å². The maximum absolute atomic E-state index is 14.0. The zero-order valence-corrected chi connectivity index (χ0v) is 16.3. The average molecular weight is 428 g/mol. The summed E-state index contributed by atoms with van der Waals surface area (Å²) in [5.41, 5.74) is -0.0925. The molecule has 2 N–H and O–H groups in total. The van der Waals surface area contributed by atoms with E-state index in [-0.39, 0.29) is 22.2 Å². The Kier molecular flexibility index (Phi) is 5.41. The Bertz CT molecular complexity index is 1110. The molecule has 0 spiro atoms. The van der Waals surface area contributed by atoms with Crippen molar-refractivity contribution in [1.82, 2.24) is 4.72 Å². The number of ether oxygens (including phenoxy) is 1. The Morgan fingerprint density at radius 2 is 1.68 bits per heavy atom. The summed E-state index contributed by atoms with van der Waals surface area (Å²) in [6.45, 7) is 0. The highest BCUT2D eigenvalue weighted by atomic mass is 32.2. The maximum atomic E-state index is 14.0. The first-order valence-electron chi connectivity index (χ1n) is 8.15. The zero-order chi connectivity index (χ0) is 20.5. The van der Waals surface area contributed by atoms with Crippen molar-refractivity contribution in [2.24, 2.45) is 0 Å². The van der Waals surface area contributed by atoms with Crippen LogP contribution in [0.15, 0.2) is 52.3 Å². The molecule has 0 heterocycles. The first kappa shape index (κ1) is 20.2. The van der Waals surface area contributed by atoms with Gasteiger partial charge in [0.15, 0.2) is 0 Å². The van der Waals surface area contributed by atoms with Gasteiger partial charge in [-0.1, -0.05) is 0 Å². The number of rotatable bonds is 7. The van der Waals surface area contributed by atoms with Crippen LogP contribution in [-0.4, -0.2) is 36.0 Å². The number of esters is 1. The van der Waals surface area contributed by atoms with Gasteiger partial charge in [0.25, 0.3) is 10.0 Å². The summed E-state index contributed by atoms with van der Waals surface area (Å²) in [5, 5.41) is 0. The van der Waals surface area contributed by atoms with Crippen molar-refractivity contribution < 1.29 is 30.8 Å². The summed E-state index contributed by atoms with van der Waals surface area (Å²) in [4.78, 5) is 10.8. The number of benzene rings is 2. The number of hydrogen-bond acceptors (Lipinski definition) is 6. The Balaban J connectivity index is 1.83. The minimum absolute atomic E-state index is 0.0128. The van der Waals surface area contributed by atoms with Crippen LogP contribution >= 0.6 is 0 Å². The van der Waals surface area contributed by atoms with Crippen molar-refractivity contribution in [3.05, 3.63) is 53.8 Å². The van der Waals surface area contributed by atoms with Crippen LogP contribution in [0.2, 0.25) is 0 Å². The maximum Gasteiger partial charge on any atom is 0.337 e. The van der Waals surface area contributed by atoms with Crippen molar-refractivity contribution in [1.29, 1.82) is 0 Å². The summed E-state index contributed by atoms with van der Waals surface area (Å²) in [7, 11) is -6.92. The second-order valence-electron chi connectivity index (χ2n) is 6.16. The molecule has 3 rings (SSSR count). The van der Waals surface area contributed by atoms with Crippen LogP contribution in [-0.2, 0) is 24.8 Å². The molecule has 0 unspecified atom stereocenters. The summed E-state index contributed by atoms with van der Waals surface area (Å²) >= 11 is 0. The highest BCUT2D eigenvalue weighted by Gasteiger charge is 2.28. The lowest BCUT2D eigenvalue weighted by Gasteiger charge is -2.11. The van der Waals surface area contributed by atoms with E-state index in [0.29, 0.717) is 0 Å². The molecular weight excluding hydrogens is 411 g/mol. The predicted octanol–water partition coefficient (Wildman–Crippen LogP) is 1.85. The lowest BCUT2D eigenvalue weighted by atomic mass is 10.2. The van der Waals surface area contributed by atoms with Crippen LogP contribution in [0, 0.1) is 5.82 Å². The number of anilines is 1. The summed E-state index contributed by atoms with van der Waals surface area (Å²) in [5.74, 6) is -1.86. The Labute approximate surface area is 161 Å². The molecule has 1 fully saturated rings. The van der Waals surface area contributed by atoms with E-state index in [4.69, 9.17) is 0 Å². The lowest BCUT2D eigenvalue weighted by Crippen LogP contribution is -2.25. The van der Waals surface area contributed by atoms with Crippen molar-refractivity contribution in [3.63, 3.8) is 0 Å². The molecule has 0 bridgehead atoms. The molecule has 2 aromatic rings. The topological polar surface area (TPSA) is 119 Å². The molecule has 1 saturated carbocycles. The molecule has 0 saturated heterocycles. The highest BCUT2D eigenvalue weighted by molar-refractivity contribution is 7.92. The van der Waals surface area contributed by atoms with Gasteiger partial charge >= 0.3 is 5.97 Å². The van der Waals surface area contributed by atoms with Crippen molar-refractivity contribution in [2.45, 2.75) is 28.7 Å². The first-order valence-corrected chi connectivity index (χ1v) is 11.1. The summed E-state index contributed by atoms with van der Waals surface area (Å²) in [6, 6.07) is 7.73. The van der Waals surface area contributed by atoms with E-state index in [2.05, 4.69) is 14.2 Å². The molecule has 28 heavy (non-hydrogen) atoms. The van der Waals surface area contributed by atoms with Gasteiger partial charge in [0.05, 0.1) is 17.6 Å². The molecule has 0 aromatic heterocycles. The third-order valence-electron chi connectivity index (χ3n) is 3.96. The van der Waals surface area contributed by atoms with E-state index in [1.54, 1.807) is 0 Å².